The van der Waals surface area contributed by atoms with Gasteiger partial charge in [0.05, 0.1) is 23.9 Å². The third-order valence-corrected chi connectivity index (χ3v) is 6.01. The first-order valence-corrected chi connectivity index (χ1v) is 9.68. The largest absolute Gasteiger partial charge is 0.467 e. The van der Waals surface area contributed by atoms with E-state index in [2.05, 4.69) is 46.2 Å². The lowest BCUT2D eigenvalue weighted by atomic mass is 9.99. The van der Waals surface area contributed by atoms with Crippen LogP contribution < -0.4 is 10.6 Å². The molecule has 0 saturated heterocycles. The quantitative estimate of drug-likeness (QED) is 0.753. The van der Waals surface area contributed by atoms with Gasteiger partial charge >= 0.3 is 0 Å². The fourth-order valence-electron chi connectivity index (χ4n) is 4.44. The van der Waals surface area contributed by atoms with Crippen LogP contribution in [0.1, 0.15) is 49.8 Å². The van der Waals surface area contributed by atoms with Gasteiger partial charge in [0.25, 0.3) is 5.89 Å². The Kier molecular flexibility index (Phi) is 3.82. The number of fused-ring (bicyclic) bond motifs is 1. The van der Waals surface area contributed by atoms with Gasteiger partial charge in [-0.2, -0.15) is 4.98 Å². The highest BCUT2D eigenvalue weighted by atomic mass is 16.5. The lowest BCUT2D eigenvalue weighted by molar-refractivity contribution is 0.372. The van der Waals surface area contributed by atoms with E-state index >= 15 is 0 Å². The summed E-state index contributed by atoms with van der Waals surface area (Å²) in [5, 5.41) is 4.18. The second-order valence-electron chi connectivity index (χ2n) is 7.85. The molecule has 2 aromatic heterocycles. The lowest BCUT2D eigenvalue weighted by Gasteiger charge is -2.24. The summed E-state index contributed by atoms with van der Waals surface area (Å²) in [5.41, 5.74) is 9.52. The summed E-state index contributed by atoms with van der Waals surface area (Å²) in [7, 11) is 0. The van der Waals surface area contributed by atoms with Gasteiger partial charge in [0.2, 0.25) is 0 Å². The maximum absolute atomic E-state index is 6.47. The summed E-state index contributed by atoms with van der Waals surface area (Å²) in [6, 6.07) is 10.9. The van der Waals surface area contributed by atoms with E-state index in [4.69, 9.17) is 14.7 Å². The summed E-state index contributed by atoms with van der Waals surface area (Å²) in [6.45, 7) is 2.91. The van der Waals surface area contributed by atoms with Crippen molar-refractivity contribution in [2.24, 2.45) is 5.73 Å². The third-order valence-electron chi connectivity index (χ3n) is 6.01. The Labute approximate surface area is 158 Å². The highest BCUT2D eigenvalue weighted by Gasteiger charge is 2.36. The Hall–Kier alpha value is -2.60. The van der Waals surface area contributed by atoms with Crippen molar-refractivity contribution in [1.82, 2.24) is 10.1 Å². The van der Waals surface area contributed by atoms with E-state index in [0.29, 0.717) is 24.3 Å². The first-order chi connectivity index (χ1) is 13.1. The summed E-state index contributed by atoms with van der Waals surface area (Å²) in [6.07, 6.45) is 6.79. The molecule has 1 atom stereocenters. The predicted molar refractivity (Wildman–Crippen MR) is 102 cm³/mol. The standard InChI is InChI=1S/C21H24N4O2/c1-14-12-15-6-2-3-7-17(15)25(14)13-18-16(8-11-26-18)19-23-20(24-27-19)21(22)9-4-5-10-21/h2-3,6-8,11,14H,4-5,9-10,12-13,22H2,1H3. The molecule has 0 bridgehead atoms. The number of aromatic nitrogens is 2. The first-order valence-electron chi connectivity index (χ1n) is 9.68. The minimum Gasteiger partial charge on any atom is -0.467 e. The van der Waals surface area contributed by atoms with Gasteiger partial charge in [-0.3, -0.25) is 0 Å². The van der Waals surface area contributed by atoms with Gasteiger partial charge in [0.15, 0.2) is 5.82 Å². The average Bonchev–Trinajstić information content (AvgIpc) is 3.43. The molecular weight excluding hydrogens is 340 g/mol. The molecule has 1 unspecified atom stereocenters. The minimum absolute atomic E-state index is 0.421. The smallest absolute Gasteiger partial charge is 0.261 e. The fourth-order valence-corrected chi connectivity index (χ4v) is 4.44. The number of hydrogen-bond donors (Lipinski definition) is 1. The predicted octanol–water partition coefficient (Wildman–Crippen LogP) is 4.01. The van der Waals surface area contributed by atoms with Crippen molar-refractivity contribution in [1.29, 1.82) is 0 Å². The number of rotatable bonds is 4. The highest BCUT2D eigenvalue weighted by molar-refractivity contribution is 5.62. The molecule has 1 aliphatic heterocycles. The van der Waals surface area contributed by atoms with Gasteiger partial charge in [-0.05, 0) is 43.9 Å². The molecule has 6 nitrogen and oxygen atoms in total. The topological polar surface area (TPSA) is 81.3 Å². The van der Waals surface area contributed by atoms with Gasteiger partial charge in [0, 0.05) is 11.7 Å². The van der Waals surface area contributed by atoms with Crippen LogP contribution in [0.25, 0.3) is 11.5 Å². The van der Waals surface area contributed by atoms with Crippen LogP contribution in [0.4, 0.5) is 5.69 Å². The molecule has 1 aliphatic carbocycles. The molecule has 2 N–H and O–H groups in total. The molecule has 3 aromatic rings. The molecule has 6 heteroatoms. The zero-order valence-corrected chi connectivity index (χ0v) is 15.5. The van der Waals surface area contributed by atoms with Crippen LogP contribution in [0.15, 0.2) is 45.5 Å². The van der Waals surface area contributed by atoms with Gasteiger partial charge in [-0.25, -0.2) is 0 Å². The van der Waals surface area contributed by atoms with Crippen molar-refractivity contribution >= 4 is 5.69 Å². The van der Waals surface area contributed by atoms with Crippen LogP contribution in [-0.4, -0.2) is 16.2 Å². The molecule has 0 amide bonds. The maximum Gasteiger partial charge on any atom is 0.261 e. The molecule has 0 radical (unpaired) electrons. The monoisotopic (exact) mass is 364 g/mol. The fraction of sp³-hybridized carbons (Fsp3) is 0.429. The number of benzene rings is 1. The first kappa shape index (κ1) is 16.6. The normalized spacial score (nSPS) is 21.0. The second-order valence-corrected chi connectivity index (χ2v) is 7.85. The van der Waals surface area contributed by atoms with Crippen LogP contribution >= 0.6 is 0 Å². The van der Waals surface area contributed by atoms with Crippen LogP contribution in [0, 0.1) is 0 Å². The van der Waals surface area contributed by atoms with E-state index in [0.717, 1.165) is 43.4 Å². The zero-order chi connectivity index (χ0) is 18.4. The van der Waals surface area contributed by atoms with Gasteiger partial charge in [-0.15, -0.1) is 0 Å². The van der Waals surface area contributed by atoms with Crippen molar-refractivity contribution in [2.45, 2.75) is 57.2 Å². The third kappa shape index (κ3) is 2.75. The summed E-state index contributed by atoms with van der Waals surface area (Å²) >= 11 is 0. The number of para-hydroxylation sites is 1. The van der Waals surface area contributed by atoms with Crippen LogP contribution in [0.2, 0.25) is 0 Å². The number of nitrogens with zero attached hydrogens (tertiary/aromatic N) is 3. The van der Waals surface area contributed by atoms with Gasteiger partial charge < -0.3 is 19.6 Å². The minimum atomic E-state index is -0.450. The molecule has 1 fully saturated rings. The second kappa shape index (κ2) is 6.23. The maximum atomic E-state index is 6.47. The summed E-state index contributed by atoms with van der Waals surface area (Å²) in [5.74, 6) is 1.94. The number of nitrogens with two attached hydrogens (primary N) is 1. The van der Waals surface area contributed by atoms with Crippen molar-refractivity contribution in [3.63, 3.8) is 0 Å². The van der Waals surface area contributed by atoms with E-state index in [9.17, 15) is 0 Å². The number of furan rings is 1. The van der Waals surface area contributed by atoms with Gasteiger partial charge in [0.1, 0.15) is 5.76 Å². The summed E-state index contributed by atoms with van der Waals surface area (Å²) < 4.78 is 11.4. The number of hydrogen-bond acceptors (Lipinski definition) is 6. The molecule has 2 aliphatic rings. The van der Waals surface area contributed by atoms with E-state index in [-0.39, 0.29) is 0 Å². The van der Waals surface area contributed by atoms with Crippen molar-refractivity contribution < 1.29 is 8.94 Å². The Morgan fingerprint density at radius 3 is 2.89 bits per heavy atom. The average molecular weight is 364 g/mol. The molecule has 140 valence electrons. The van der Waals surface area contributed by atoms with Crippen molar-refractivity contribution in [3.8, 4) is 11.5 Å². The van der Waals surface area contributed by atoms with E-state index in [1.807, 2.05) is 6.07 Å². The molecule has 5 rings (SSSR count). The molecule has 27 heavy (non-hydrogen) atoms. The van der Waals surface area contributed by atoms with Crippen LogP contribution in [0.3, 0.4) is 0 Å². The Morgan fingerprint density at radius 2 is 2.04 bits per heavy atom. The number of anilines is 1. The van der Waals surface area contributed by atoms with E-state index < -0.39 is 5.54 Å². The van der Waals surface area contributed by atoms with Crippen molar-refractivity contribution in [2.75, 3.05) is 4.90 Å². The van der Waals surface area contributed by atoms with E-state index in [1.165, 1.54) is 11.3 Å². The molecule has 3 heterocycles. The highest BCUT2D eigenvalue weighted by Crippen LogP contribution is 2.37. The van der Waals surface area contributed by atoms with E-state index in [1.54, 1.807) is 6.26 Å². The van der Waals surface area contributed by atoms with Crippen LogP contribution in [0.5, 0.6) is 0 Å². The summed E-state index contributed by atoms with van der Waals surface area (Å²) in [4.78, 5) is 7.00. The molecular formula is C21H24N4O2. The zero-order valence-electron chi connectivity index (χ0n) is 15.5. The Balaban J connectivity index is 1.43. The van der Waals surface area contributed by atoms with Crippen LogP contribution in [-0.2, 0) is 18.5 Å². The van der Waals surface area contributed by atoms with Gasteiger partial charge in [-0.1, -0.05) is 36.2 Å². The SMILES string of the molecule is CC1Cc2ccccc2N1Cc1occc1-c1nc(C2(N)CCCC2)no1. The lowest BCUT2D eigenvalue weighted by Crippen LogP contribution is -2.34. The molecule has 0 spiro atoms. The van der Waals surface area contributed by atoms with Crippen molar-refractivity contribution in [3.05, 3.63) is 53.7 Å². The molecule has 1 saturated carbocycles. The Bertz CT molecular complexity index is 955. The molecule has 1 aromatic carbocycles. The Morgan fingerprint density at radius 1 is 1.22 bits per heavy atom.